The lowest BCUT2D eigenvalue weighted by molar-refractivity contribution is -0.151. The van der Waals surface area contributed by atoms with Crippen LogP contribution in [0.15, 0.2) is 12.3 Å². The topological polar surface area (TPSA) is 75.6 Å². The second-order valence-corrected chi connectivity index (χ2v) is 7.13. The number of nitrogens with zero attached hydrogens (tertiary/aromatic N) is 4. The first-order valence-corrected chi connectivity index (χ1v) is 9.58. The molecule has 0 N–H and O–H groups in total. The van der Waals surface area contributed by atoms with E-state index in [0.29, 0.717) is 45.0 Å². The molecule has 26 heavy (non-hydrogen) atoms. The maximum absolute atomic E-state index is 12.9. The number of carbonyl (C=O) groups excluding carboxylic acids is 2. The maximum Gasteiger partial charge on any atom is 0.309 e. The fourth-order valence-corrected chi connectivity index (χ4v) is 3.80. The standard InChI is InChI=1S/C19H28N4O3/c1-3-26-18(25)15-7-11-22(12-8-15)17(24)16-5-4-10-23(13-16)19-20-9-6-14(2)21-19/h6,9,15-16H,3-5,7-8,10-13H2,1-2H3/t16-/m0/s1. The summed E-state index contributed by atoms with van der Waals surface area (Å²) < 4.78 is 5.10. The third-order valence-corrected chi connectivity index (χ3v) is 5.26. The highest BCUT2D eigenvalue weighted by Crippen LogP contribution is 2.25. The van der Waals surface area contributed by atoms with Crippen molar-refractivity contribution in [2.24, 2.45) is 11.8 Å². The van der Waals surface area contributed by atoms with Gasteiger partial charge in [-0.25, -0.2) is 9.97 Å². The van der Waals surface area contributed by atoms with Gasteiger partial charge in [0.2, 0.25) is 11.9 Å². The van der Waals surface area contributed by atoms with Crippen LogP contribution in [0.4, 0.5) is 5.95 Å². The van der Waals surface area contributed by atoms with E-state index in [0.717, 1.165) is 25.1 Å². The third-order valence-electron chi connectivity index (χ3n) is 5.26. The van der Waals surface area contributed by atoms with E-state index in [2.05, 4.69) is 14.9 Å². The zero-order chi connectivity index (χ0) is 18.5. The molecule has 0 bridgehead atoms. The van der Waals surface area contributed by atoms with E-state index in [1.54, 1.807) is 6.20 Å². The highest BCUT2D eigenvalue weighted by atomic mass is 16.5. The second-order valence-electron chi connectivity index (χ2n) is 7.13. The van der Waals surface area contributed by atoms with Crippen LogP contribution in [-0.2, 0) is 14.3 Å². The number of rotatable bonds is 4. The van der Waals surface area contributed by atoms with Gasteiger partial charge in [-0.15, -0.1) is 0 Å². The summed E-state index contributed by atoms with van der Waals surface area (Å²) in [5.74, 6) is 0.697. The number of amides is 1. The minimum atomic E-state index is -0.125. The third kappa shape index (κ3) is 4.31. The van der Waals surface area contributed by atoms with Crippen LogP contribution in [0.1, 0.15) is 38.3 Å². The van der Waals surface area contributed by atoms with Gasteiger partial charge in [-0.05, 0) is 45.6 Å². The van der Waals surface area contributed by atoms with E-state index >= 15 is 0 Å². The van der Waals surface area contributed by atoms with Crippen LogP contribution in [0.3, 0.4) is 0 Å². The maximum atomic E-state index is 12.9. The Kier molecular flexibility index (Phi) is 6.06. The molecular formula is C19H28N4O3. The Morgan fingerprint density at radius 1 is 1.19 bits per heavy atom. The molecule has 1 atom stereocenters. The van der Waals surface area contributed by atoms with E-state index in [1.165, 1.54) is 0 Å². The highest BCUT2D eigenvalue weighted by molar-refractivity contribution is 5.80. The number of carbonyl (C=O) groups is 2. The van der Waals surface area contributed by atoms with E-state index in [-0.39, 0.29) is 23.7 Å². The van der Waals surface area contributed by atoms with Gasteiger partial charge in [-0.1, -0.05) is 0 Å². The van der Waals surface area contributed by atoms with Gasteiger partial charge in [0.15, 0.2) is 0 Å². The Labute approximate surface area is 154 Å². The molecule has 142 valence electrons. The molecular weight excluding hydrogens is 332 g/mol. The first-order valence-electron chi connectivity index (χ1n) is 9.58. The highest BCUT2D eigenvalue weighted by Gasteiger charge is 2.34. The number of hydrogen-bond acceptors (Lipinski definition) is 6. The molecule has 0 aliphatic carbocycles. The molecule has 0 unspecified atom stereocenters. The van der Waals surface area contributed by atoms with Crippen molar-refractivity contribution in [1.29, 1.82) is 0 Å². The number of anilines is 1. The molecule has 1 aromatic heterocycles. The van der Waals surface area contributed by atoms with E-state index in [4.69, 9.17) is 4.74 Å². The smallest absolute Gasteiger partial charge is 0.309 e. The van der Waals surface area contributed by atoms with Crippen molar-refractivity contribution < 1.29 is 14.3 Å². The van der Waals surface area contributed by atoms with Gasteiger partial charge in [-0.2, -0.15) is 0 Å². The summed E-state index contributed by atoms with van der Waals surface area (Å²) in [6.45, 7) is 7.02. The summed E-state index contributed by atoms with van der Waals surface area (Å²) in [7, 11) is 0. The molecule has 1 amide bonds. The Morgan fingerprint density at radius 2 is 1.96 bits per heavy atom. The van der Waals surface area contributed by atoms with Crippen molar-refractivity contribution in [2.75, 3.05) is 37.7 Å². The Balaban J connectivity index is 1.56. The fourth-order valence-electron chi connectivity index (χ4n) is 3.80. The van der Waals surface area contributed by atoms with Gasteiger partial charge in [0.1, 0.15) is 0 Å². The summed E-state index contributed by atoms with van der Waals surface area (Å²) in [4.78, 5) is 37.7. The second kappa shape index (κ2) is 8.47. The average Bonchev–Trinajstić information content (AvgIpc) is 2.68. The first-order chi connectivity index (χ1) is 12.6. The lowest BCUT2D eigenvalue weighted by atomic mass is 9.93. The molecule has 0 aromatic carbocycles. The predicted molar refractivity (Wildman–Crippen MR) is 97.6 cm³/mol. The van der Waals surface area contributed by atoms with Crippen LogP contribution in [0.2, 0.25) is 0 Å². The number of aromatic nitrogens is 2. The van der Waals surface area contributed by atoms with Crippen molar-refractivity contribution in [2.45, 2.75) is 39.5 Å². The number of likely N-dealkylation sites (tertiary alicyclic amines) is 1. The first kappa shape index (κ1) is 18.6. The number of hydrogen-bond donors (Lipinski definition) is 0. The van der Waals surface area contributed by atoms with Gasteiger partial charge in [0.25, 0.3) is 0 Å². The zero-order valence-electron chi connectivity index (χ0n) is 15.7. The molecule has 0 saturated carbocycles. The number of piperidine rings is 2. The Hall–Kier alpha value is -2.18. The molecule has 2 aliphatic rings. The monoisotopic (exact) mass is 360 g/mol. The zero-order valence-corrected chi connectivity index (χ0v) is 15.7. The molecule has 1 aromatic rings. The summed E-state index contributed by atoms with van der Waals surface area (Å²) in [5, 5.41) is 0. The number of aryl methyl sites for hydroxylation is 1. The molecule has 7 nitrogen and oxygen atoms in total. The van der Waals surface area contributed by atoms with E-state index in [9.17, 15) is 9.59 Å². The van der Waals surface area contributed by atoms with Crippen molar-refractivity contribution >= 4 is 17.8 Å². The van der Waals surface area contributed by atoms with Crippen LogP contribution < -0.4 is 4.90 Å². The van der Waals surface area contributed by atoms with Crippen molar-refractivity contribution in [1.82, 2.24) is 14.9 Å². The van der Waals surface area contributed by atoms with Gasteiger partial charge in [0.05, 0.1) is 18.4 Å². The molecule has 7 heteroatoms. The molecule has 0 spiro atoms. The van der Waals surface area contributed by atoms with Crippen molar-refractivity contribution in [3.63, 3.8) is 0 Å². The van der Waals surface area contributed by atoms with Gasteiger partial charge in [-0.3, -0.25) is 9.59 Å². The quantitative estimate of drug-likeness (QED) is 0.762. The normalized spacial score (nSPS) is 21.5. The molecule has 3 rings (SSSR count). The number of esters is 1. The molecule has 2 saturated heterocycles. The summed E-state index contributed by atoms with van der Waals surface area (Å²) in [5.41, 5.74) is 0.935. The van der Waals surface area contributed by atoms with Gasteiger partial charge in [0, 0.05) is 38.1 Å². The van der Waals surface area contributed by atoms with Gasteiger partial charge >= 0.3 is 5.97 Å². The van der Waals surface area contributed by atoms with Crippen LogP contribution in [0.5, 0.6) is 0 Å². The van der Waals surface area contributed by atoms with Crippen LogP contribution in [0.25, 0.3) is 0 Å². The minimum Gasteiger partial charge on any atom is -0.466 e. The van der Waals surface area contributed by atoms with Crippen molar-refractivity contribution in [3.8, 4) is 0 Å². The lowest BCUT2D eigenvalue weighted by Gasteiger charge is -2.37. The van der Waals surface area contributed by atoms with Crippen LogP contribution in [0, 0.1) is 18.8 Å². The minimum absolute atomic E-state index is 0.0213. The molecule has 3 heterocycles. The Morgan fingerprint density at radius 3 is 2.65 bits per heavy atom. The SMILES string of the molecule is CCOC(=O)C1CCN(C(=O)[C@H]2CCCN(c3nccc(C)n3)C2)CC1. The van der Waals surface area contributed by atoms with Gasteiger partial charge < -0.3 is 14.5 Å². The van der Waals surface area contributed by atoms with Crippen LogP contribution in [-0.4, -0.2) is 59.5 Å². The van der Waals surface area contributed by atoms with Crippen LogP contribution >= 0.6 is 0 Å². The number of ether oxygens (including phenoxy) is 1. The van der Waals surface area contributed by atoms with E-state index in [1.807, 2.05) is 24.8 Å². The largest absolute Gasteiger partial charge is 0.466 e. The molecule has 2 aliphatic heterocycles. The van der Waals surface area contributed by atoms with Crippen molar-refractivity contribution in [3.05, 3.63) is 18.0 Å². The summed E-state index contributed by atoms with van der Waals surface area (Å²) >= 11 is 0. The Bertz CT molecular complexity index is 643. The average molecular weight is 360 g/mol. The summed E-state index contributed by atoms with van der Waals surface area (Å²) in [6, 6.07) is 1.88. The fraction of sp³-hybridized carbons (Fsp3) is 0.684. The molecule has 0 radical (unpaired) electrons. The molecule has 2 fully saturated rings. The predicted octanol–water partition coefficient (Wildman–Crippen LogP) is 1.80. The summed E-state index contributed by atoms with van der Waals surface area (Å²) in [6.07, 6.45) is 5.03. The van der Waals surface area contributed by atoms with E-state index < -0.39 is 0 Å². The lowest BCUT2D eigenvalue weighted by Crippen LogP contribution is -2.48.